The molecule has 4 heteroatoms. The second-order valence-corrected chi connectivity index (χ2v) is 14.3. The summed E-state index contributed by atoms with van der Waals surface area (Å²) in [7, 11) is 0. The fraction of sp³-hybridized carbons (Fsp3) is 0.111. The Bertz CT molecular complexity index is 2450. The predicted molar refractivity (Wildman–Crippen MR) is 203 cm³/mol. The van der Waals surface area contributed by atoms with Crippen molar-refractivity contribution in [3.05, 3.63) is 156 Å². The summed E-state index contributed by atoms with van der Waals surface area (Å²) in [5, 5.41) is 2.46. The molecule has 0 saturated heterocycles. The summed E-state index contributed by atoms with van der Waals surface area (Å²) < 4.78 is 13.1. The molecule has 0 N–H and O–H groups in total. The van der Waals surface area contributed by atoms with Gasteiger partial charge < -0.3 is 14.4 Å². The molecule has 2 aliphatic heterocycles. The van der Waals surface area contributed by atoms with Gasteiger partial charge >= 0.3 is 0 Å². The molecule has 0 bridgehead atoms. The second kappa shape index (κ2) is 10.1. The third-order valence-electron chi connectivity index (χ3n) is 10.9. The molecule has 0 unspecified atom stereocenters. The van der Waals surface area contributed by atoms with E-state index in [1.165, 1.54) is 55.1 Å². The molecule has 0 saturated carbocycles. The molecule has 7 aromatic rings. The van der Waals surface area contributed by atoms with Gasteiger partial charge in [-0.2, -0.15) is 0 Å². The number of anilines is 3. The first-order valence-electron chi connectivity index (χ1n) is 17.1. The van der Waals surface area contributed by atoms with E-state index in [9.17, 15) is 0 Å². The van der Waals surface area contributed by atoms with Crippen LogP contribution in [0.15, 0.2) is 133 Å². The molecule has 0 spiro atoms. The monoisotopic (exact) mass is 631 g/mol. The molecule has 0 atom stereocenters. The maximum atomic E-state index is 6.69. The Morgan fingerprint density at radius 3 is 1.80 bits per heavy atom. The van der Waals surface area contributed by atoms with Crippen LogP contribution in [-0.2, 0) is 5.41 Å². The summed E-state index contributed by atoms with van der Waals surface area (Å²) >= 11 is 0. The summed E-state index contributed by atoms with van der Waals surface area (Å²) in [5.41, 5.74) is 14.5. The minimum Gasteiger partial charge on any atom is -0.458 e. The van der Waals surface area contributed by atoms with Crippen LogP contribution in [-0.4, -0.2) is 6.71 Å². The smallest absolute Gasteiger partial charge is 0.260 e. The lowest BCUT2D eigenvalue weighted by Gasteiger charge is -2.33. The topological polar surface area (TPSA) is 21.7 Å². The van der Waals surface area contributed by atoms with Crippen molar-refractivity contribution in [1.82, 2.24) is 0 Å². The Morgan fingerprint density at radius 1 is 0.490 bits per heavy atom. The molecule has 3 nitrogen and oxygen atoms in total. The van der Waals surface area contributed by atoms with Crippen molar-refractivity contribution in [2.75, 3.05) is 4.90 Å². The molecule has 3 aliphatic rings. The zero-order valence-electron chi connectivity index (χ0n) is 28.0. The summed E-state index contributed by atoms with van der Waals surface area (Å²) in [6.45, 7) is 9.06. The van der Waals surface area contributed by atoms with Gasteiger partial charge in [0.2, 0.25) is 0 Å². The van der Waals surface area contributed by atoms with Crippen LogP contribution >= 0.6 is 0 Å². The lowest BCUT2D eigenvalue weighted by Crippen LogP contribution is -2.57. The maximum Gasteiger partial charge on any atom is 0.260 e. The largest absolute Gasteiger partial charge is 0.458 e. The van der Waals surface area contributed by atoms with Gasteiger partial charge in [0.05, 0.1) is 0 Å². The number of rotatable bonds is 3. The van der Waals surface area contributed by atoms with Crippen LogP contribution < -0.4 is 30.8 Å². The van der Waals surface area contributed by atoms with E-state index in [4.69, 9.17) is 9.47 Å². The van der Waals surface area contributed by atoms with Crippen molar-refractivity contribution < 1.29 is 9.47 Å². The van der Waals surface area contributed by atoms with Crippen molar-refractivity contribution in [3.63, 3.8) is 0 Å². The fourth-order valence-corrected chi connectivity index (χ4v) is 8.31. The molecule has 0 amide bonds. The summed E-state index contributed by atoms with van der Waals surface area (Å²) in [6.07, 6.45) is 0. The molecule has 0 aromatic heterocycles. The van der Waals surface area contributed by atoms with Crippen LogP contribution in [0, 0.1) is 13.8 Å². The highest BCUT2D eigenvalue weighted by Crippen LogP contribution is 2.52. The molecule has 2 heterocycles. The van der Waals surface area contributed by atoms with Gasteiger partial charge in [-0.15, -0.1) is 0 Å². The Balaban J connectivity index is 1.12. The zero-order valence-corrected chi connectivity index (χ0v) is 28.0. The first-order chi connectivity index (χ1) is 23.8. The first kappa shape index (κ1) is 28.3. The highest BCUT2D eigenvalue weighted by molar-refractivity contribution is 6.98. The minimum atomic E-state index is -0.192. The first-order valence-corrected chi connectivity index (χ1v) is 17.1. The SMILES string of the molecule is Cc1ccc(N(c2ccc(C)cc2)c2ccc3cc4c(cc3c2)C(C)(C)c2cc3c(cc2-4)Oc2cccc4c2B3c2ccccc2O4)cc1. The minimum absolute atomic E-state index is 0.0564. The maximum absolute atomic E-state index is 6.69. The Labute approximate surface area is 287 Å². The number of hydrogen-bond donors (Lipinski definition) is 0. The Hall–Kier alpha value is -5.74. The van der Waals surface area contributed by atoms with Gasteiger partial charge in [-0.3, -0.25) is 0 Å². The van der Waals surface area contributed by atoms with Crippen LogP contribution in [0.4, 0.5) is 17.1 Å². The highest BCUT2D eigenvalue weighted by atomic mass is 16.5. The van der Waals surface area contributed by atoms with E-state index in [0.29, 0.717) is 0 Å². The van der Waals surface area contributed by atoms with Gasteiger partial charge in [-0.05, 0) is 131 Å². The molecule has 10 rings (SSSR count). The van der Waals surface area contributed by atoms with E-state index < -0.39 is 0 Å². The van der Waals surface area contributed by atoms with Crippen molar-refractivity contribution >= 4 is 50.9 Å². The van der Waals surface area contributed by atoms with E-state index in [1.54, 1.807) is 0 Å². The summed E-state index contributed by atoms with van der Waals surface area (Å²) in [4.78, 5) is 2.36. The average molecular weight is 632 g/mol. The van der Waals surface area contributed by atoms with E-state index >= 15 is 0 Å². The highest BCUT2D eigenvalue weighted by Gasteiger charge is 2.43. The fourth-order valence-electron chi connectivity index (χ4n) is 8.31. The van der Waals surface area contributed by atoms with Crippen LogP contribution in [0.5, 0.6) is 23.0 Å². The molecule has 0 radical (unpaired) electrons. The molecular formula is C45H34BNO2. The standard InChI is InChI=1S/C45H34BNO2/c1-27-12-17-31(18-13-27)47(32-19-14-28(2)15-20-32)33-21-16-29-23-34-35-25-43-39(26-37(35)45(3,4)36(34)24-30(29)22-33)46-38-8-5-6-9-40(38)48-41-10-7-11-42(49-43)44(41)46/h5-26H,1-4H3. The van der Waals surface area contributed by atoms with Gasteiger partial charge in [0.25, 0.3) is 6.71 Å². The lowest BCUT2D eigenvalue weighted by atomic mass is 9.34. The third kappa shape index (κ3) is 4.17. The number of ether oxygens (including phenoxy) is 2. The number of benzene rings is 7. The number of aryl methyl sites for hydroxylation is 2. The van der Waals surface area contributed by atoms with Crippen LogP contribution in [0.25, 0.3) is 21.9 Å². The van der Waals surface area contributed by atoms with Crippen LogP contribution in [0.2, 0.25) is 0 Å². The molecule has 234 valence electrons. The predicted octanol–water partition coefficient (Wildman–Crippen LogP) is 9.96. The Morgan fingerprint density at radius 2 is 1.08 bits per heavy atom. The van der Waals surface area contributed by atoms with E-state index in [1.807, 2.05) is 12.1 Å². The van der Waals surface area contributed by atoms with Crippen molar-refractivity contribution in [2.24, 2.45) is 0 Å². The number of fused-ring (bicyclic) bond motifs is 8. The molecule has 0 fully saturated rings. The van der Waals surface area contributed by atoms with Gasteiger partial charge in [-0.1, -0.05) is 85.6 Å². The normalized spacial score (nSPS) is 14.2. The number of para-hydroxylation sites is 1. The van der Waals surface area contributed by atoms with E-state index in [0.717, 1.165) is 45.5 Å². The average Bonchev–Trinajstić information content (AvgIpc) is 3.32. The van der Waals surface area contributed by atoms with Crippen LogP contribution in [0.1, 0.15) is 36.1 Å². The molecular weight excluding hydrogens is 597 g/mol. The van der Waals surface area contributed by atoms with Gasteiger partial charge in [-0.25, -0.2) is 0 Å². The van der Waals surface area contributed by atoms with Gasteiger partial charge in [0.15, 0.2) is 0 Å². The quantitative estimate of drug-likeness (QED) is 0.181. The van der Waals surface area contributed by atoms with Gasteiger partial charge in [0.1, 0.15) is 23.0 Å². The lowest BCUT2D eigenvalue weighted by molar-refractivity contribution is 0.464. The molecule has 49 heavy (non-hydrogen) atoms. The second-order valence-electron chi connectivity index (χ2n) is 14.3. The molecule has 1 aliphatic carbocycles. The number of hydrogen-bond acceptors (Lipinski definition) is 3. The zero-order chi connectivity index (χ0) is 33.0. The molecule has 7 aromatic carbocycles. The summed E-state index contributed by atoms with van der Waals surface area (Å²) in [6, 6.07) is 48.6. The Kier molecular flexibility index (Phi) is 5.85. The van der Waals surface area contributed by atoms with Crippen LogP contribution in [0.3, 0.4) is 0 Å². The van der Waals surface area contributed by atoms with Crippen molar-refractivity contribution in [1.29, 1.82) is 0 Å². The van der Waals surface area contributed by atoms with Crippen molar-refractivity contribution in [3.8, 4) is 34.1 Å². The number of nitrogens with zero attached hydrogens (tertiary/aromatic N) is 1. The van der Waals surface area contributed by atoms with Gasteiger partial charge in [0, 0.05) is 27.9 Å². The van der Waals surface area contributed by atoms with E-state index in [2.05, 4.69) is 154 Å². The third-order valence-corrected chi connectivity index (χ3v) is 10.9. The van der Waals surface area contributed by atoms with Crippen molar-refractivity contribution in [2.45, 2.75) is 33.1 Å². The summed E-state index contributed by atoms with van der Waals surface area (Å²) in [5.74, 6) is 3.60. The van der Waals surface area contributed by atoms with E-state index in [-0.39, 0.29) is 12.1 Å².